The van der Waals surface area contributed by atoms with Crippen molar-refractivity contribution in [1.29, 1.82) is 0 Å². The first-order valence-electron chi connectivity index (χ1n) is 14.0. The number of carbonyl (C=O) groups excluding carboxylic acids is 1. The molecule has 3 atom stereocenters. The Morgan fingerprint density at radius 3 is 2.55 bits per heavy atom. The lowest BCUT2D eigenvalue weighted by Crippen LogP contribution is -2.47. The number of nitrogens with two attached hydrogens (primary N) is 1. The second-order valence-electron chi connectivity index (χ2n) is 11.0. The summed E-state index contributed by atoms with van der Waals surface area (Å²) in [5, 5.41) is 12.3. The van der Waals surface area contributed by atoms with E-state index in [1.807, 2.05) is 0 Å². The van der Waals surface area contributed by atoms with E-state index in [1.54, 1.807) is 68.7 Å². The summed E-state index contributed by atoms with van der Waals surface area (Å²) in [7, 11) is -2.54. The van der Waals surface area contributed by atoms with Gasteiger partial charge in [-0.3, -0.25) is 19.6 Å². The number of carboxylic acids is 1. The summed E-state index contributed by atoms with van der Waals surface area (Å²) in [6, 6.07) is 14.9. The summed E-state index contributed by atoms with van der Waals surface area (Å²) in [5.41, 5.74) is 0.974. The number of hydrazine groups is 1. The van der Waals surface area contributed by atoms with E-state index in [2.05, 4.69) is 4.98 Å². The fourth-order valence-electron chi connectivity index (χ4n) is 5.73. The van der Waals surface area contributed by atoms with Crippen molar-refractivity contribution in [3.05, 3.63) is 96.1 Å². The zero-order valence-corrected chi connectivity index (χ0v) is 25.2. The highest BCUT2D eigenvalue weighted by atomic mass is 32.2. The van der Waals surface area contributed by atoms with Crippen LogP contribution < -0.4 is 15.6 Å². The van der Waals surface area contributed by atoms with Crippen molar-refractivity contribution in [1.82, 2.24) is 9.88 Å². The number of methoxy groups -OCH3 is 1. The predicted octanol–water partition coefficient (Wildman–Crippen LogP) is 4.66. The van der Waals surface area contributed by atoms with Crippen molar-refractivity contribution < 1.29 is 32.2 Å². The molecule has 2 unspecified atom stereocenters. The number of anilines is 1. The van der Waals surface area contributed by atoms with Crippen LogP contribution >= 0.6 is 0 Å². The average molecular weight is 621 g/mol. The summed E-state index contributed by atoms with van der Waals surface area (Å²) in [4.78, 5) is 32.6. The molecule has 1 aliphatic heterocycles. The Morgan fingerprint density at radius 1 is 1.09 bits per heavy atom. The molecule has 12 heteroatoms. The molecule has 1 amide bonds. The average Bonchev–Trinajstić information content (AvgIpc) is 3.47. The lowest BCUT2D eigenvalue weighted by Gasteiger charge is -2.36. The van der Waals surface area contributed by atoms with Crippen LogP contribution in [0.25, 0.3) is 10.8 Å². The maximum absolute atomic E-state index is 14.7. The van der Waals surface area contributed by atoms with Gasteiger partial charge < -0.3 is 14.7 Å². The molecule has 3 aromatic carbocycles. The SMILES string of the molecule is COc1cc([C@H](C(=O)N2CCC(C(=O)O)C2c2ccccc2S(=O)(=O)C(C)C)N(N)c2ccc3cnccc3c2)ccc1F. The molecule has 230 valence electrons. The Hall–Kier alpha value is -4.55. The molecule has 1 aliphatic rings. The first kappa shape index (κ1) is 30.9. The molecule has 0 spiro atoms. The van der Waals surface area contributed by atoms with Crippen LogP contribution in [-0.4, -0.2) is 54.2 Å². The van der Waals surface area contributed by atoms with Crippen molar-refractivity contribution in [3.8, 4) is 5.75 Å². The number of aliphatic carboxylic acids is 1. The van der Waals surface area contributed by atoms with E-state index in [-0.39, 0.29) is 29.2 Å². The zero-order valence-electron chi connectivity index (χ0n) is 24.4. The van der Waals surface area contributed by atoms with Gasteiger partial charge >= 0.3 is 5.97 Å². The lowest BCUT2D eigenvalue weighted by atomic mass is 9.93. The van der Waals surface area contributed by atoms with Gasteiger partial charge in [-0.2, -0.15) is 0 Å². The molecule has 0 saturated carbocycles. The number of aromatic nitrogens is 1. The van der Waals surface area contributed by atoms with Crippen molar-refractivity contribution in [2.24, 2.45) is 11.8 Å². The molecule has 5 rings (SSSR count). The summed E-state index contributed by atoms with van der Waals surface area (Å²) in [6.45, 7) is 3.12. The Balaban J connectivity index is 1.66. The monoisotopic (exact) mass is 620 g/mol. The standard InChI is InChI=1S/C32H33FN4O6S/c1-19(2)44(41,42)28-7-5-4-6-24(28)30-25(32(39)40)13-15-36(30)31(38)29(21-9-11-26(33)27(17-21)43-3)37(34)23-10-8-22-18-35-14-12-20(22)16-23/h4-12,14,16-19,25,29-30H,13,15,34H2,1-3H3,(H,39,40)/t25?,29-,30?/m1/s1. The van der Waals surface area contributed by atoms with E-state index >= 15 is 0 Å². The number of hydrogen-bond acceptors (Lipinski definition) is 8. The number of pyridine rings is 1. The number of halogens is 1. The molecule has 0 radical (unpaired) electrons. The Bertz CT molecular complexity index is 1830. The van der Waals surface area contributed by atoms with Crippen molar-refractivity contribution in [2.45, 2.75) is 42.5 Å². The summed E-state index contributed by atoms with van der Waals surface area (Å²) < 4.78 is 46.4. The van der Waals surface area contributed by atoms with E-state index in [4.69, 9.17) is 10.6 Å². The van der Waals surface area contributed by atoms with E-state index < -0.39 is 50.8 Å². The smallest absolute Gasteiger partial charge is 0.309 e. The number of benzene rings is 3. The third-order valence-corrected chi connectivity index (χ3v) is 10.3. The van der Waals surface area contributed by atoms with Crippen LogP contribution in [0.3, 0.4) is 0 Å². The number of amides is 1. The number of carboxylic acid groups (broad SMARTS) is 1. The van der Waals surface area contributed by atoms with Gasteiger partial charge in [-0.15, -0.1) is 0 Å². The quantitative estimate of drug-likeness (QED) is 0.202. The fourth-order valence-corrected chi connectivity index (χ4v) is 7.02. The number of ether oxygens (including phenoxy) is 1. The van der Waals surface area contributed by atoms with Crippen LogP contribution in [0, 0.1) is 11.7 Å². The highest BCUT2D eigenvalue weighted by Crippen LogP contribution is 2.43. The Labute approximate surface area is 254 Å². The van der Waals surface area contributed by atoms with Crippen molar-refractivity contribution >= 4 is 38.2 Å². The maximum atomic E-state index is 14.7. The highest BCUT2D eigenvalue weighted by Gasteiger charge is 2.47. The third kappa shape index (κ3) is 5.58. The summed E-state index contributed by atoms with van der Waals surface area (Å²) in [6.07, 6.45) is 3.41. The minimum absolute atomic E-state index is 0.0290. The number of sulfone groups is 1. The van der Waals surface area contributed by atoms with E-state index in [1.165, 1.54) is 41.3 Å². The van der Waals surface area contributed by atoms with Crippen LogP contribution in [0.5, 0.6) is 5.75 Å². The Morgan fingerprint density at radius 2 is 1.84 bits per heavy atom. The normalized spacial score (nSPS) is 17.5. The van der Waals surface area contributed by atoms with Gasteiger partial charge in [0, 0.05) is 24.3 Å². The molecular formula is C32H33FN4O6S. The molecule has 1 aromatic heterocycles. The summed E-state index contributed by atoms with van der Waals surface area (Å²) in [5.74, 6) is 3.14. The van der Waals surface area contributed by atoms with Crippen LogP contribution in [0.4, 0.5) is 10.1 Å². The maximum Gasteiger partial charge on any atom is 0.309 e. The number of likely N-dealkylation sites (tertiary alicyclic amines) is 1. The van der Waals surface area contributed by atoms with E-state index in [9.17, 15) is 27.5 Å². The minimum atomic E-state index is -3.84. The topological polar surface area (TPSA) is 143 Å². The first-order valence-corrected chi connectivity index (χ1v) is 15.6. The largest absolute Gasteiger partial charge is 0.494 e. The van der Waals surface area contributed by atoms with Crippen LogP contribution in [0.15, 0.2) is 84.0 Å². The van der Waals surface area contributed by atoms with E-state index in [0.717, 1.165) is 10.8 Å². The van der Waals surface area contributed by atoms with Crippen molar-refractivity contribution in [2.75, 3.05) is 18.7 Å². The Kier molecular flexibility index (Phi) is 8.57. The minimum Gasteiger partial charge on any atom is -0.494 e. The molecule has 10 nitrogen and oxygen atoms in total. The number of carbonyl (C=O) groups is 2. The second kappa shape index (κ2) is 12.2. The number of fused-ring (bicyclic) bond motifs is 1. The van der Waals surface area contributed by atoms with Gasteiger partial charge in [-0.25, -0.2) is 18.7 Å². The van der Waals surface area contributed by atoms with Gasteiger partial charge in [-0.05, 0) is 73.2 Å². The van der Waals surface area contributed by atoms with Crippen LogP contribution in [-0.2, 0) is 19.4 Å². The molecule has 1 saturated heterocycles. The van der Waals surface area contributed by atoms with Crippen molar-refractivity contribution in [3.63, 3.8) is 0 Å². The van der Waals surface area contributed by atoms with Gasteiger partial charge in [0.2, 0.25) is 0 Å². The van der Waals surface area contributed by atoms with Gasteiger partial charge in [0.05, 0.1) is 34.9 Å². The first-order chi connectivity index (χ1) is 20.9. The van der Waals surface area contributed by atoms with Gasteiger partial charge in [-0.1, -0.05) is 30.3 Å². The summed E-state index contributed by atoms with van der Waals surface area (Å²) >= 11 is 0. The molecule has 0 bridgehead atoms. The molecule has 0 aliphatic carbocycles. The third-order valence-electron chi connectivity index (χ3n) is 8.09. The highest BCUT2D eigenvalue weighted by molar-refractivity contribution is 7.92. The molecule has 44 heavy (non-hydrogen) atoms. The predicted molar refractivity (Wildman–Crippen MR) is 163 cm³/mol. The van der Waals surface area contributed by atoms with Gasteiger partial charge in [0.1, 0.15) is 6.04 Å². The number of nitrogens with zero attached hydrogens (tertiary/aromatic N) is 3. The van der Waals surface area contributed by atoms with Crippen LogP contribution in [0.1, 0.15) is 43.5 Å². The number of rotatable bonds is 9. The van der Waals surface area contributed by atoms with Crippen LogP contribution in [0.2, 0.25) is 0 Å². The molecule has 3 N–H and O–H groups in total. The number of hydrogen-bond donors (Lipinski definition) is 2. The molecule has 4 aromatic rings. The molecule has 1 fully saturated rings. The fraction of sp³-hybridized carbons (Fsp3) is 0.281. The molecule has 2 heterocycles. The second-order valence-corrected chi connectivity index (χ2v) is 13.4. The molecular weight excluding hydrogens is 587 g/mol. The van der Waals surface area contributed by atoms with Gasteiger partial charge in [0.25, 0.3) is 5.91 Å². The lowest BCUT2D eigenvalue weighted by molar-refractivity contribution is -0.143. The van der Waals surface area contributed by atoms with Gasteiger partial charge in [0.15, 0.2) is 21.4 Å². The van der Waals surface area contributed by atoms with E-state index in [0.29, 0.717) is 11.3 Å². The zero-order chi connectivity index (χ0) is 31.8.